The largest absolute Gasteiger partial charge is 0.378 e. The molecule has 2 fully saturated rings. The number of fused-ring (bicyclic) bond motifs is 2. The number of hydrogen-bond donors (Lipinski definition) is 0. The number of ether oxygens (including phenoxy) is 1. The highest BCUT2D eigenvalue weighted by Gasteiger charge is 2.36. The van der Waals surface area contributed by atoms with Crippen LogP contribution in [-0.2, 0) is 22.5 Å². The van der Waals surface area contributed by atoms with Crippen LogP contribution in [0, 0.1) is 29.6 Å². The Bertz CT molecular complexity index is 1710. The molecular weight excluding hydrogens is 554 g/mol. The molecule has 224 valence electrons. The number of morpholine rings is 1. The molecule has 10 heteroatoms. The zero-order chi connectivity index (χ0) is 30.8. The summed E-state index contributed by atoms with van der Waals surface area (Å²) in [6.07, 6.45) is 2.06. The minimum atomic E-state index is -0.369. The first-order chi connectivity index (χ1) is 21.4. The van der Waals surface area contributed by atoms with Crippen LogP contribution in [0.1, 0.15) is 39.3 Å². The monoisotopic (exact) mass is 589 g/mol. The van der Waals surface area contributed by atoms with Crippen LogP contribution < -0.4 is 9.80 Å². The van der Waals surface area contributed by atoms with Crippen LogP contribution in [0.5, 0.6) is 0 Å². The van der Waals surface area contributed by atoms with E-state index in [-0.39, 0.29) is 35.5 Å². The molecule has 10 nitrogen and oxygen atoms in total. The van der Waals surface area contributed by atoms with Gasteiger partial charge in [0.05, 0.1) is 49.7 Å². The van der Waals surface area contributed by atoms with Crippen molar-refractivity contribution in [3.8, 4) is 12.1 Å². The maximum absolute atomic E-state index is 13.9. The molecule has 0 radical (unpaired) electrons. The highest BCUT2D eigenvalue weighted by Crippen LogP contribution is 2.38. The van der Waals surface area contributed by atoms with Crippen LogP contribution in [0.4, 0.5) is 11.4 Å². The fourth-order valence-electron chi connectivity index (χ4n) is 6.80. The average Bonchev–Trinajstić information content (AvgIpc) is 3.06. The van der Waals surface area contributed by atoms with Gasteiger partial charge in [-0.1, -0.05) is 36.9 Å². The third-order valence-electron chi connectivity index (χ3n) is 8.95. The van der Waals surface area contributed by atoms with Crippen molar-refractivity contribution < 1.29 is 14.3 Å². The number of pyridine rings is 1. The second-order valence-electron chi connectivity index (χ2n) is 11.4. The molecule has 3 aliphatic rings. The maximum atomic E-state index is 13.9. The van der Waals surface area contributed by atoms with Gasteiger partial charge in [-0.25, -0.2) is 4.98 Å². The first-order valence-electron chi connectivity index (χ1n) is 15.1. The Morgan fingerprint density at radius 2 is 1.84 bits per heavy atom. The normalized spacial score (nSPS) is 18.4. The number of aryl methyl sites for hydroxylation is 1. The molecule has 0 N–H and O–H groups in total. The number of benzene rings is 2. The predicted molar refractivity (Wildman–Crippen MR) is 167 cm³/mol. The fourth-order valence-corrected chi connectivity index (χ4v) is 6.80. The van der Waals surface area contributed by atoms with Crippen molar-refractivity contribution in [2.75, 3.05) is 62.3 Å². The molecule has 6 rings (SSSR count). The van der Waals surface area contributed by atoms with Crippen molar-refractivity contribution >= 4 is 34.0 Å². The molecule has 0 aliphatic carbocycles. The summed E-state index contributed by atoms with van der Waals surface area (Å²) in [6, 6.07) is 16.8. The summed E-state index contributed by atoms with van der Waals surface area (Å²) < 4.78 is 5.47. The molecule has 0 bridgehead atoms. The van der Waals surface area contributed by atoms with E-state index in [1.165, 1.54) is 22.4 Å². The van der Waals surface area contributed by atoms with Crippen molar-refractivity contribution in [1.82, 2.24) is 14.8 Å². The van der Waals surface area contributed by atoms with Crippen molar-refractivity contribution in [1.29, 1.82) is 10.5 Å². The summed E-state index contributed by atoms with van der Waals surface area (Å²) in [7, 11) is 0. The topological polar surface area (TPSA) is 117 Å². The zero-order valence-electron chi connectivity index (χ0n) is 25.0. The second-order valence-corrected chi connectivity index (χ2v) is 11.4. The van der Waals surface area contributed by atoms with E-state index in [0.717, 1.165) is 16.9 Å². The molecule has 3 aliphatic heterocycles. The Morgan fingerprint density at radius 1 is 1.07 bits per heavy atom. The second kappa shape index (κ2) is 12.4. The van der Waals surface area contributed by atoms with Crippen LogP contribution >= 0.6 is 0 Å². The lowest BCUT2D eigenvalue weighted by atomic mass is 9.94. The Labute approximate surface area is 257 Å². The van der Waals surface area contributed by atoms with Crippen LogP contribution in [0.2, 0.25) is 0 Å². The quantitative estimate of drug-likeness (QED) is 0.415. The molecular formula is C34H35N7O3. The number of aromatic nitrogens is 1. The molecule has 2 amide bonds. The lowest BCUT2D eigenvalue weighted by Gasteiger charge is -2.43. The fraction of sp³-hybridized carbons (Fsp3) is 0.382. The van der Waals surface area contributed by atoms with Gasteiger partial charge in [-0.05, 0) is 36.4 Å². The van der Waals surface area contributed by atoms with E-state index >= 15 is 0 Å². The average molecular weight is 590 g/mol. The van der Waals surface area contributed by atoms with Gasteiger partial charge >= 0.3 is 0 Å². The molecule has 1 atom stereocenters. The predicted octanol–water partition coefficient (Wildman–Crippen LogP) is 3.57. The minimum absolute atomic E-state index is 0.152. The van der Waals surface area contributed by atoms with Gasteiger partial charge in [0.1, 0.15) is 17.3 Å². The molecule has 44 heavy (non-hydrogen) atoms. The lowest BCUT2D eigenvalue weighted by Crippen LogP contribution is -2.55. The summed E-state index contributed by atoms with van der Waals surface area (Å²) in [4.78, 5) is 39.3. The van der Waals surface area contributed by atoms with Crippen LogP contribution in [0.25, 0.3) is 10.8 Å². The zero-order valence-corrected chi connectivity index (χ0v) is 25.0. The molecule has 3 aromatic rings. The number of anilines is 2. The molecule has 4 heterocycles. The first-order valence-corrected chi connectivity index (χ1v) is 15.1. The summed E-state index contributed by atoms with van der Waals surface area (Å²) in [5.74, 6) is -0.493. The third kappa shape index (κ3) is 5.23. The number of nitrogens with zero attached hydrogens (tertiary/aromatic N) is 7. The van der Waals surface area contributed by atoms with E-state index < -0.39 is 0 Å². The molecule has 0 spiro atoms. The van der Waals surface area contributed by atoms with E-state index in [2.05, 4.69) is 71.8 Å². The highest BCUT2D eigenvalue weighted by atomic mass is 16.5. The van der Waals surface area contributed by atoms with Gasteiger partial charge in [0.15, 0.2) is 0 Å². The number of amides is 2. The van der Waals surface area contributed by atoms with Crippen molar-refractivity contribution in [2.45, 2.75) is 32.4 Å². The van der Waals surface area contributed by atoms with E-state index in [1.54, 1.807) is 9.80 Å². The third-order valence-corrected chi connectivity index (χ3v) is 8.95. The standard InChI is InChI=1S/C34H35N7O3/c1-3-30(42)41-15-14-40(21-25(41)10-12-35)33-26-11-13-39(29-9-5-8-24-7-4-6-23(2)31(24)29)22-28(26)37-32(27(33)20-36)34(43)38-16-18-44-19-17-38/h3-9,25H,1,10-11,13-19,21-22H2,2H3/t25-/m0/s1. The van der Waals surface area contributed by atoms with Crippen LogP contribution in [0.3, 0.4) is 0 Å². The number of carbonyl (C=O) groups is 2. The first kappa shape index (κ1) is 29.2. The molecule has 1 aromatic heterocycles. The molecule has 2 saturated heterocycles. The van der Waals surface area contributed by atoms with Gasteiger partial charge in [-0.15, -0.1) is 0 Å². The van der Waals surface area contributed by atoms with Gasteiger partial charge in [0.25, 0.3) is 5.91 Å². The van der Waals surface area contributed by atoms with E-state index in [1.807, 2.05) is 0 Å². The van der Waals surface area contributed by atoms with Crippen molar-refractivity contribution in [2.24, 2.45) is 0 Å². The van der Waals surface area contributed by atoms with Gasteiger partial charge in [0, 0.05) is 55.9 Å². The number of carbonyl (C=O) groups excluding carboxylic acids is 2. The molecule has 2 aromatic carbocycles. The van der Waals surface area contributed by atoms with Crippen molar-refractivity contribution in [3.63, 3.8) is 0 Å². The molecule has 0 saturated carbocycles. The Hall–Kier alpha value is -4.93. The van der Waals surface area contributed by atoms with E-state index in [4.69, 9.17) is 9.72 Å². The van der Waals surface area contributed by atoms with Gasteiger partial charge < -0.3 is 24.3 Å². The minimum Gasteiger partial charge on any atom is -0.378 e. The number of nitriles is 2. The Balaban J connectivity index is 1.45. The van der Waals surface area contributed by atoms with Gasteiger partial charge in [0.2, 0.25) is 5.91 Å². The lowest BCUT2D eigenvalue weighted by molar-refractivity contribution is -0.128. The van der Waals surface area contributed by atoms with E-state index in [0.29, 0.717) is 71.1 Å². The van der Waals surface area contributed by atoms with Crippen LogP contribution in [0.15, 0.2) is 49.1 Å². The van der Waals surface area contributed by atoms with E-state index in [9.17, 15) is 20.1 Å². The highest BCUT2D eigenvalue weighted by molar-refractivity contribution is 5.98. The Morgan fingerprint density at radius 3 is 2.57 bits per heavy atom. The van der Waals surface area contributed by atoms with Gasteiger partial charge in [-0.2, -0.15) is 10.5 Å². The summed E-state index contributed by atoms with van der Waals surface area (Å²) in [5, 5.41) is 22.5. The summed E-state index contributed by atoms with van der Waals surface area (Å²) in [6.45, 7) is 9.92. The van der Waals surface area contributed by atoms with Crippen LogP contribution in [-0.4, -0.2) is 85.1 Å². The van der Waals surface area contributed by atoms with Crippen molar-refractivity contribution in [3.05, 3.63) is 77.1 Å². The molecule has 0 unspecified atom stereocenters. The number of hydrogen-bond acceptors (Lipinski definition) is 8. The Kier molecular flexibility index (Phi) is 8.19. The smallest absolute Gasteiger partial charge is 0.274 e. The summed E-state index contributed by atoms with van der Waals surface area (Å²) >= 11 is 0. The number of piperazine rings is 1. The SMILES string of the molecule is C=CC(=O)N1CCN(c2c(C#N)c(C(=O)N3CCOCC3)nc3c2CCN(c2cccc4cccc(C)c24)C3)C[C@@H]1CC#N. The summed E-state index contributed by atoms with van der Waals surface area (Å²) in [5.41, 5.74) is 5.15. The van der Waals surface area contributed by atoms with Gasteiger partial charge in [-0.3, -0.25) is 9.59 Å². The number of rotatable bonds is 5. The maximum Gasteiger partial charge on any atom is 0.274 e.